The Hall–Kier alpha value is -2.51. The van der Waals surface area contributed by atoms with Gasteiger partial charge in [-0.1, -0.05) is 18.2 Å². The molecule has 24 heavy (non-hydrogen) atoms. The molecule has 3 aromatic rings. The number of anilines is 1. The van der Waals surface area contributed by atoms with Gasteiger partial charge in [0, 0.05) is 5.38 Å². The number of thiazole rings is 1. The third-order valence-electron chi connectivity index (χ3n) is 3.26. The van der Waals surface area contributed by atoms with E-state index in [9.17, 15) is 9.59 Å². The summed E-state index contributed by atoms with van der Waals surface area (Å²) in [6.07, 6.45) is 0. The zero-order valence-electron chi connectivity index (χ0n) is 12.9. The molecule has 0 aliphatic carbocycles. The summed E-state index contributed by atoms with van der Waals surface area (Å²) < 4.78 is 0. The maximum Gasteiger partial charge on any atom is 0.265 e. The molecule has 0 aliphatic heterocycles. The van der Waals surface area contributed by atoms with Crippen LogP contribution in [0, 0.1) is 6.92 Å². The van der Waals surface area contributed by atoms with Crippen molar-refractivity contribution in [1.82, 2.24) is 10.3 Å². The highest BCUT2D eigenvalue weighted by atomic mass is 32.1. The van der Waals surface area contributed by atoms with Crippen molar-refractivity contribution in [1.29, 1.82) is 0 Å². The molecule has 0 atom stereocenters. The topological polar surface area (TPSA) is 71.1 Å². The molecule has 3 rings (SSSR count). The van der Waals surface area contributed by atoms with E-state index in [1.165, 1.54) is 11.3 Å². The second-order valence-electron chi connectivity index (χ2n) is 5.02. The Bertz CT molecular complexity index is 856. The number of carbonyl (C=O) groups is 2. The predicted molar refractivity (Wildman–Crippen MR) is 96.7 cm³/mol. The maximum atomic E-state index is 12.4. The summed E-state index contributed by atoms with van der Waals surface area (Å²) in [6.45, 7) is 2.28. The number of nitrogens with one attached hydrogen (secondary N) is 2. The first kappa shape index (κ1) is 16.4. The van der Waals surface area contributed by atoms with E-state index in [4.69, 9.17) is 0 Å². The number of amides is 2. The zero-order valence-corrected chi connectivity index (χ0v) is 14.5. The summed E-state index contributed by atoms with van der Waals surface area (Å²) in [5.74, 6) is -0.469. The quantitative estimate of drug-likeness (QED) is 0.731. The lowest BCUT2D eigenvalue weighted by atomic mass is 10.1. The molecule has 0 spiro atoms. The molecule has 1 aromatic carbocycles. The van der Waals surface area contributed by atoms with Crippen LogP contribution in [0.2, 0.25) is 0 Å². The number of para-hydroxylation sites is 1. The third-order valence-corrected chi connectivity index (χ3v) is 4.95. The van der Waals surface area contributed by atoms with E-state index in [1.54, 1.807) is 41.7 Å². The molecule has 0 radical (unpaired) electrons. The fourth-order valence-electron chi connectivity index (χ4n) is 2.14. The molecule has 0 bridgehead atoms. The normalized spacial score (nSPS) is 10.4. The van der Waals surface area contributed by atoms with Crippen molar-refractivity contribution in [2.45, 2.75) is 13.5 Å². The van der Waals surface area contributed by atoms with Gasteiger partial charge in [-0.3, -0.25) is 9.59 Å². The maximum absolute atomic E-state index is 12.4. The number of carbonyl (C=O) groups excluding carboxylic acids is 2. The first-order valence-electron chi connectivity index (χ1n) is 7.26. The summed E-state index contributed by atoms with van der Waals surface area (Å²) in [5, 5.41) is 10.3. The van der Waals surface area contributed by atoms with Crippen molar-refractivity contribution in [2.24, 2.45) is 0 Å². The zero-order chi connectivity index (χ0) is 16.9. The lowest BCUT2D eigenvalue weighted by Gasteiger charge is -2.10. The van der Waals surface area contributed by atoms with Crippen LogP contribution in [-0.4, -0.2) is 16.8 Å². The first-order valence-corrected chi connectivity index (χ1v) is 9.02. The summed E-state index contributed by atoms with van der Waals surface area (Å²) in [6, 6.07) is 10.5. The molecule has 0 unspecified atom stereocenters. The number of hydrogen-bond acceptors (Lipinski definition) is 5. The van der Waals surface area contributed by atoms with Gasteiger partial charge in [0.25, 0.3) is 11.8 Å². The molecule has 5 nitrogen and oxygen atoms in total. The minimum absolute atomic E-state index is 0.222. The van der Waals surface area contributed by atoms with Gasteiger partial charge in [0.05, 0.1) is 33.4 Å². The van der Waals surface area contributed by atoms with Gasteiger partial charge in [-0.25, -0.2) is 4.98 Å². The van der Waals surface area contributed by atoms with Crippen LogP contribution in [-0.2, 0) is 6.54 Å². The van der Waals surface area contributed by atoms with Crippen LogP contribution in [0.4, 0.5) is 5.69 Å². The second-order valence-corrected chi connectivity index (χ2v) is 7.03. The number of aryl methyl sites for hydroxylation is 1. The Morgan fingerprint density at radius 3 is 2.62 bits per heavy atom. The van der Waals surface area contributed by atoms with Crippen LogP contribution in [0.3, 0.4) is 0 Å². The minimum atomic E-state index is -0.247. The van der Waals surface area contributed by atoms with Gasteiger partial charge in [-0.15, -0.1) is 22.7 Å². The van der Waals surface area contributed by atoms with Crippen LogP contribution in [0.25, 0.3) is 0 Å². The van der Waals surface area contributed by atoms with E-state index in [0.717, 1.165) is 10.7 Å². The van der Waals surface area contributed by atoms with Crippen molar-refractivity contribution < 1.29 is 9.59 Å². The number of rotatable bonds is 5. The Morgan fingerprint density at radius 1 is 1.08 bits per heavy atom. The van der Waals surface area contributed by atoms with Crippen molar-refractivity contribution >= 4 is 40.2 Å². The van der Waals surface area contributed by atoms with Crippen LogP contribution in [0.15, 0.2) is 47.2 Å². The van der Waals surface area contributed by atoms with Crippen molar-refractivity contribution in [3.8, 4) is 0 Å². The molecule has 7 heteroatoms. The van der Waals surface area contributed by atoms with Crippen LogP contribution in [0.1, 0.15) is 30.7 Å². The molecule has 0 saturated carbocycles. The molecule has 0 aliphatic rings. The molecule has 2 N–H and O–H groups in total. The molecule has 2 aromatic heterocycles. The highest BCUT2D eigenvalue weighted by molar-refractivity contribution is 7.12. The summed E-state index contributed by atoms with van der Waals surface area (Å²) >= 11 is 2.90. The summed E-state index contributed by atoms with van der Waals surface area (Å²) in [5.41, 5.74) is 1.74. The van der Waals surface area contributed by atoms with Gasteiger partial charge in [0.15, 0.2) is 0 Å². The highest BCUT2D eigenvalue weighted by Crippen LogP contribution is 2.18. The number of hydrogen-bond donors (Lipinski definition) is 2. The fourth-order valence-corrected chi connectivity index (χ4v) is 3.37. The Balaban J connectivity index is 1.71. The number of aromatic nitrogens is 1. The molecule has 0 fully saturated rings. The minimum Gasteiger partial charge on any atom is -0.346 e. The summed E-state index contributed by atoms with van der Waals surface area (Å²) in [4.78, 5) is 29.5. The van der Waals surface area contributed by atoms with Gasteiger partial charge in [0.2, 0.25) is 0 Å². The molecule has 0 saturated heterocycles. The molecule has 2 heterocycles. The van der Waals surface area contributed by atoms with E-state index in [-0.39, 0.29) is 11.8 Å². The lowest BCUT2D eigenvalue weighted by molar-refractivity contribution is 0.0951. The van der Waals surface area contributed by atoms with Gasteiger partial charge in [-0.2, -0.15) is 0 Å². The van der Waals surface area contributed by atoms with Crippen molar-refractivity contribution in [2.75, 3.05) is 5.32 Å². The van der Waals surface area contributed by atoms with Crippen LogP contribution < -0.4 is 10.6 Å². The first-order chi connectivity index (χ1) is 11.6. The largest absolute Gasteiger partial charge is 0.346 e. The number of nitrogens with zero attached hydrogens (tertiary/aromatic N) is 1. The molecular weight excluding hydrogens is 342 g/mol. The van der Waals surface area contributed by atoms with Crippen LogP contribution >= 0.6 is 22.7 Å². The lowest BCUT2D eigenvalue weighted by Crippen LogP contribution is -2.24. The molecular formula is C17H15N3O2S2. The SMILES string of the molecule is Cc1nc(CNC(=O)c2ccccc2NC(=O)c2cccs2)cs1. The van der Waals surface area contributed by atoms with Gasteiger partial charge < -0.3 is 10.6 Å². The monoisotopic (exact) mass is 357 g/mol. The molecule has 2 amide bonds. The summed E-state index contributed by atoms with van der Waals surface area (Å²) in [7, 11) is 0. The predicted octanol–water partition coefficient (Wildman–Crippen LogP) is 3.70. The van der Waals surface area contributed by atoms with Gasteiger partial charge in [-0.05, 0) is 30.5 Å². The van der Waals surface area contributed by atoms with E-state index in [2.05, 4.69) is 15.6 Å². The number of thiophene rings is 1. The molecule has 122 valence electrons. The van der Waals surface area contributed by atoms with Crippen molar-refractivity contribution in [3.05, 3.63) is 68.3 Å². The van der Waals surface area contributed by atoms with E-state index in [1.807, 2.05) is 23.8 Å². The smallest absolute Gasteiger partial charge is 0.265 e. The Kier molecular flexibility index (Phi) is 5.02. The number of benzene rings is 1. The van der Waals surface area contributed by atoms with E-state index >= 15 is 0 Å². The average molecular weight is 357 g/mol. The van der Waals surface area contributed by atoms with Crippen LogP contribution in [0.5, 0.6) is 0 Å². The average Bonchev–Trinajstić information content (AvgIpc) is 3.25. The second kappa shape index (κ2) is 7.37. The highest BCUT2D eigenvalue weighted by Gasteiger charge is 2.14. The van der Waals surface area contributed by atoms with Crippen molar-refractivity contribution in [3.63, 3.8) is 0 Å². The van der Waals surface area contributed by atoms with Gasteiger partial charge in [0.1, 0.15) is 0 Å². The Labute approximate surface area is 147 Å². The Morgan fingerprint density at radius 2 is 1.92 bits per heavy atom. The fraction of sp³-hybridized carbons (Fsp3) is 0.118. The van der Waals surface area contributed by atoms with E-state index < -0.39 is 0 Å². The third kappa shape index (κ3) is 3.87. The van der Waals surface area contributed by atoms with E-state index in [0.29, 0.717) is 22.7 Å². The van der Waals surface area contributed by atoms with Gasteiger partial charge >= 0.3 is 0 Å². The standard InChI is InChI=1S/C17H15N3O2S2/c1-11-19-12(10-24-11)9-18-16(21)13-5-2-3-6-14(13)20-17(22)15-7-4-8-23-15/h2-8,10H,9H2,1H3,(H,18,21)(H,20,22).